The van der Waals surface area contributed by atoms with Crippen molar-refractivity contribution in [1.82, 2.24) is 14.9 Å². The van der Waals surface area contributed by atoms with Gasteiger partial charge >= 0.3 is 0 Å². The van der Waals surface area contributed by atoms with E-state index in [1.54, 1.807) is 0 Å². The molecule has 0 aliphatic carbocycles. The summed E-state index contributed by atoms with van der Waals surface area (Å²) in [6.45, 7) is 7.36. The molecule has 2 aliphatic heterocycles. The summed E-state index contributed by atoms with van der Waals surface area (Å²) in [5.41, 5.74) is 1.36. The van der Waals surface area contributed by atoms with Crippen molar-refractivity contribution in [2.45, 2.75) is 38.8 Å². The first-order chi connectivity index (χ1) is 10.9. The molecule has 0 amide bonds. The summed E-state index contributed by atoms with van der Waals surface area (Å²) in [7, 11) is 0. The van der Waals surface area contributed by atoms with Crippen LogP contribution in [0.2, 0.25) is 0 Å². The van der Waals surface area contributed by atoms with Gasteiger partial charge < -0.3 is 19.4 Å². The third-order valence-electron chi connectivity index (χ3n) is 4.64. The van der Waals surface area contributed by atoms with Crippen molar-refractivity contribution in [3.63, 3.8) is 0 Å². The molecule has 5 nitrogen and oxygen atoms in total. The lowest BCUT2D eigenvalue weighted by atomic mass is 9.90. The number of aryl methyl sites for hydroxylation is 1. The molecule has 1 saturated heterocycles. The van der Waals surface area contributed by atoms with E-state index in [1.807, 2.05) is 6.20 Å². The molecule has 0 unspecified atom stereocenters. The fourth-order valence-electron chi connectivity index (χ4n) is 3.36. The molecule has 0 bridgehead atoms. The Morgan fingerprint density at radius 2 is 2.18 bits per heavy atom. The summed E-state index contributed by atoms with van der Waals surface area (Å²) in [6, 6.07) is 0.293. The van der Waals surface area contributed by atoms with Gasteiger partial charge in [-0.2, -0.15) is 0 Å². The minimum atomic E-state index is 0.293. The van der Waals surface area contributed by atoms with Crippen LogP contribution in [0.5, 0.6) is 0 Å². The molecule has 0 saturated carbocycles. The van der Waals surface area contributed by atoms with E-state index in [2.05, 4.69) is 34.1 Å². The van der Waals surface area contributed by atoms with Gasteiger partial charge in [0.15, 0.2) is 0 Å². The second-order valence-corrected chi connectivity index (χ2v) is 6.08. The molecule has 5 heteroatoms. The van der Waals surface area contributed by atoms with Crippen LogP contribution in [0.4, 0.5) is 0 Å². The van der Waals surface area contributed by atoms with E-state index in [-0.39, 0.29) is 0 Å². The maximum absolute atomic E-state index is 5.55. The summed E-state index contributed by atoms with van der Waals surface area (Å²) in [5.74, 6) is 1.75. The Morgan fingerprint density at radius 1 is 1.32 bits per heavy atom. The Bertz CT molecular complexity index is 492. The Morgan fingerprint density at radius 3 is 2.91 bits per heavy atom. The molecule has 3 heterocycles. The molecule has 1 N–H and O–H groups in total. The molecule has 122 valence electrons. The molecule has 1 aromatic heterocycles. The predicted octanol–water partition coefficient (Wildman–Crippen LogP) is 2.31. The van der Waals surface area contributed by atoms with Gasteiger partial charge in [-0.25, -0.2) is 4.98 Å². The van der Waals surface area contributed by atoms with Crippen LogP contribution in [0.3, 0.4) is 0 Å². The third kappa shape index (κ3) is 3.77. The van der Waals surface area contributed by atoms with Gasteiger partial charge in [0.1, 0.15) is 5.82 Å². The molecule has 1 atom stereocenters. The van der Waals surface area contributed by atoms with Gasteiger partial charge in [-0.1, -0.05) is 6.08 Å². The molecule has 22 heavy (non-hydrogen) atoms. The average molecular weight is 305 g/mol. The van der Waals surface area contributed by atoms with Crippen molar-refractivity contribution in [3.8, 4) is 0 Å². The second kappa shape index (κ2) is 7.90. The quantitative estimate of drug-likeness (QED) is 0.819. The van der Waals surface area contributed by atoms with E-state index in [0.717, 1.165) is 64.6 Å². The highest BCUT2D eigenvalue weighted by Gasteiger charge is 2.28. The van der Waals surface area contributed by atoms with Gasteiger partial charge in [0, 0.05) is 38.7 Å². The molecule has 1 fully saturated rings. The average Bonchev–Trinajstić information content (AvgIpc) is 3.05. The van der Waals surface area contributed by atoms with Crippen LogP contribution in [0.25, 0.3) is 0 Å². The van der Waals surface area contributed by atoms with E-state index in [9.17, 15) is 0 Å². The smallest absolute Gasteiger partial charge is 0.126 e. The predicted molar refractivity (Wildman–Crippen MR) is 85.7 cm³/mol. The molecular formula is C17H27N3O2. The van der Waals surface area contributed by atoms with Crippen LogP contribution in [-0.2, 0) is 16.0 Å². The summed E-state index contributed by atoms with van der Waals surface area (Å²) in [4.78, 5) is 4.64. The Labute approximate surface area is 132 Å². The highest BCUT2D eigenvalue weighted by Crippen LogP contribution is 2.29. The van der Waals surface area contributed by atoms with Crippen LogP contribution in [-0.4, -0.2) is 42.5 Å². The Kier molecular flexibility index (Phi) is 5.64. The van der Waals surface area contributed by atoms with E-state index in [1.165, 1.54) is 5.57 Å². The van der Waals surface area contributed by atoms with Crippen LogP contribution in [0.15, 0.2) is 24.0 Å². The van der Waals surface area contributed by atoms with Crippen molar-refractivity contribution in [2.24, 2.45) is 5.92 Å². The topological polar surface area (TPSA) is 48.3 Å². The number of aromatic nitrogens is 2. The van der Waals surface area contributed by atoms with Gasteiger partial charge in [0.25, 0.3) is 0 Å². The van der Waals surface area contributed by atoms with Crippen LogP contribution in [0.1, 0.15) is 38.1 Å². The molecule has 2 aliphatic rings. The lowest BCUT2D eigenvalue weighted by Crippen LogP contribution is -2.35. The van der Waals surface area contributed by atoms with Gasteiger partial charge in [-0.15, -0.1) is 0 Å². The van der Waals surface area contributed by atoms with Crippen molar-refractivity contribution in [1.29, 1.82) is 0 Å². The first-order valence-corrected chi connectivity index (χ1v) is 8.46. The zero-order valence-corrected chi connectivity index (χ0v) is 13.5. The summed E-state index contributed by atoms with van der Waals surface area (Å²) >= 11 is 0. The minimum Gasteiger partial charge on any atom is -0.381 e. The van der Waals surface area contributed by atoms with Crippen molar-refractivity contribution < 1.29 is 9.47 Å². The van der Waals surface area contributed by atoms with Gasteiger partial charge in [0.05, 0.1) is 19.3 Å². The fraction of sp³-hybridized carbons (Fsp3) is 0.706. The molecule has 1 aromatic rings. The van der Waals surface area contributed by atoms with E-state index < -0.39 is 0 Å². The van der Waals surface area contributed by atoms with Gasteiger partial charge in [0.2, 0.25) is 0 Å². The molecule has 0 aromatic carbocycles. The minimum absolute atomic E-state index is 0.293. The number of nitrogens with zero attached hydrogens (tertiary/aromatic N) is 2. The number of hydrogen-bond acceptors (Lipinski definition) is 4. The largest absolute Gasteiger partial charge is 0.381 e. The number of rotatable bonds is 6. The zero-order valence-electron chi connectivity index (χ0n) is 13.5. The van der Waals surface area contributed by atoms with E-state index in [0.29, 0.717) is 12.0 Å². The van der Waals surface area contributed by atoms with Crippen molar-refractivity contribution in [2.75, 3.05) is 33.0 Å². The summed E-state index contributed by atoms with van der Waals surface area (Å²) < 4.78 is 13.3. The Balaban J connectivity index is 1.72. The van der Waals surface area contributed by atoms with Crippen LogP contribution < -0.4 is 5.32 Å². The molecule has 0 spiro atoms. The lowest BCUT2D eigenvalue weighted by molar-refractivity contribution is 0.0521. The monoisotopic (exact) mass is 305 g/mol. The van der Waals surface area contributed by atoms with E-state index >= 15 is 0 Å². The van der Waals surface area contributed by atoms with Crippen molar-refractivity contribution >= 4 is 0 Å². The highest BCUT2D eigenvalue weighted by atomic mass is 16.5. The maximum atomic E-state index is 5.55. The zero-order chi connectivity index (χ0) is 15.2. The third-order valence-corrected chi connectivity index (χ3v) is 4.64. The number of hydrogen-bond donors (Lipinski definition) is 1. The summed E-state index contributed by atoms with van der Waals surface area (Å²) in [5, 5.41) is 3.75. The first kappa shape index (κ1) is 15.7. The standard InChI is InChI=1S/C17H27N3O2/c1-2-20-8-7-18-17(20)16(15-5-10-21-11-6-15)19-12-14-4-3-9-22-13-14/h4,7-8,15-16,19H,2-3,5-6,9-13H2,1H3/t16-/m0/s1. The van der Waals surface area contributed by atoms with Crippen molar-refractivity contribution in [3.05, 3.63) is 29.9 Å². The first-order valence-electron chi connectivity index (χ1n) is 8.46. The maximum Gasteiger partial charge on any atom is 0.126 e. The SMILES string of the molecule is CCn1ccnc1[C@@H](NCC1=CCCOC1)C1CCOCC1. The summed E-state index contributed by atoms with van der Waals surface area (Å²) in [6.07, 6.45) is 9.53. The normalized spacial score (nSPS) is 21.6. The number of imidazole rings is 1. The van der Waals surface area contributed by atoms with Crippen LogP contribution >= 0.6 is 0 Å². The van der Waals surface area contributed by atoms with E-state index in [4.69, 9.17) is 9.47 Å². The highest BCUT2D eigenvalue weighted by molar-refractivity contribution is 5.09. The van der Waals surface area contributed by atoms with Gasteiger partial charge in [-0.3, -0.25) is 0 Å². The molecular weight excluding hydrogens is 278 g/mol. The fourth-order valence-corrected chi connectivity index (χ4v) is 3.36. The number of nitrogens with one attached hydrogen (secondary N) is 1. The second-order valence-electron chi connectivity index (χ2n) is 6.08. The lowest BCUT2D eigenvalue weighted by Gasteiger charge is -2.31. The Hall–Kier alpha value is -1.17. The van der Waals surface area contributed by atoms with Crippen LogP contribution in [0, 0.1) is 5.92 Å². The van der Waals surface area contributed by atoms with Gasteiger partial charge in [-0.05, 0) is 37.7 Å². The number of ether oxygens (including phenoxy) is 2. The molecule has 3 rings (SSSR count). The molecule has 0 radical (unpaired) electrons.